The molecule has 0 bridgehead atoms. The van der Waals surface area contributed by atoms with E-state index >= 15 is 0 Å². The van der Waals surface area contributed by atoms with Gasteiger partial charge in [-0.15, -0.1) is 0 Å². The molecule has 0 unspecified atom stereocenters. The summed E-state index contributed by atoms with van der Waals surface area (Å²) < 4.78 is 1.58. The number of amides is 1. The molecule has 3 aromatic rings. The summed E-state index contributed by atoms with van der Waals surface area (Å²) in [5.41, 5.74) is 4.29. The molecule has 0 radical (unpaired) electrons. The van der Waals surface area contributed by atoms with E-state index in [4.69, 9.17) is 16.7 Å². The van der Waals surface area contributed by atoms with Gasteiger partial charge in [0, 0.05) is 11.8 Å². The molecule has 0 aliphatic heterocycles. The zero-order chi connectivity index (χ0) is 18.0. The zero-order valence-corrected chi connectivity index (χ0v) is 13.9. The van der Waals surface area contributed by atoms with Crippen LogP contribution < -0.4 is 5.43 Å². The fraction of sp³-hybridized carbons (Fsp3) is 0.0588. The smallest absolute Gasteiger partial charge is 0.336 e. The molecule has 0 atom stereocenters. The van der Waals surface area contributed by atoms with Crippen LogP contribution in [-0.2, 0) is 0 Å². The molecule has 0 aliphatic carbocycles. The second-order valence-electron chi connectivity index (χ2n) is 5.21. The third-order valence-electron chi connectivity index (χ3n) is 3.53. The number of aryl methyl sites for hydroxylation is 1. The number of nitrogens with one attached hydrogen (secondary N) is 1. The van der Waals surface area contributed by atoms with Crippen molar-refractivity contribution in [2.45, 2.75) is 6.92 Å². The van der Waals surface area contributed by atoms with Crippen molar-refractivity contribution in [1.29, 1.82) is 0 Å². The minimum absolute atomic E-state index is 0.0956. The number of imidazole rings is 1. The first-order valence-electron chi connectivity index (χ1n) is 7.27. The number of benzene rings is 1. The van der Waals surface area contributed by atoms with E-state index in [0.717, 1.165) is 0 Å². The van der Waals surface area contributed by atoms with E-state index < -0.39 is 11.9 Å². The minimum Gasteiger partial charge on any atom is -0.478 e. The number of carboxylic acids is 1. The fourth-order valence-corrected chi connectivity index (χ4v) is 2.59. The van der Waals surface area contributed by atoms with E-state index in [-0.39, 0.29) is 5.56 Å². The van der Waals surface area contributed by atoms with Crippen LogP contribution in [0.2, 0.25) is 5.02 Å². The number of aromatic carboxylic acids is 1. The monoisotopic (exact) mass is 356 g/mol. The number of carboxylic acid groups (broad SMARTS) is 1. The lowest BCUT2D eigenvalue weighted by atomic mass is 10.1. The van der Waals surface area contributed by atoms with Crippen molar-refractivity contribution in [3.05, 3.63) is 70.1 Å². The van der Waals surface area contributed by atoms with Gasteiger partial charge in [-0.25, -0.2) is 15.2 Å². The minimum atomic E-state index is -1.07. The average molecular weight is 357 g/mol. The Morgan fingerprint density at radius 3 is 2.80 bits per heavy atom. The number of aromatic nitrogens is 2. The summed E-state index contributed by atoms with van der Waals surface area (Å²) in [5.74, 6) is -1.54. The number of rotatable bonds is 4. The van der Waals surface area contributed by atoms with Gasteiger partial charge in [-0.05, 0) is 25.1 Å². The Kier molecular flexibility index (Phi) is 4.49. The molecule has 0 fully saturated rings. The third kappa shape index (κ3) is 3.36. The first-order chi connectivity index (χ1) is 12.0. The first-order valence-corrected chi connectivity index (χ1v) is 7.65. The Balaban J connectivity index is 1.86. The van der Waals surface area contributed by atoms with E-state index in [2.05, 4.69) is 15.5 Å². The molecule has 8 heteroatoms. The predicted octanol–water partition coefficient (Wildman–Crippen LogP) is 2.76. The molecule has 0 saturated carbocycles. The number of halogens is 1. The van der Waals surface area contributed by atoms with Crippen LogP contribution in [-0.4, -0.2) is 32.6 Å². The second kappa shape index (κ2) is 6.74. The van der Waals surface area contributed by atoms with Crippen LogP contribution in [0.1, 0.15) is 32.1 Å². The molecule has 2 aromatic heterocycles. The van der Waals surface area contributed by atoms with Gasteiger partial charge in [0.05, 0.1) is 22.5 Å². The van der Waals surface area contributed by atoms with Gasteiger partial charge in [0.25, 0.3) is 5.91 Å². The number of carbonyl (C=O) groups excluding carboxylic acids is 1. The van der Waals surface area contributed by atoms with E-state index in [0.29, 0.717) is 27.6 Å². The van der Waals surface area contributed by atoms with Gasteiger partial charge in [0.1, 0.15) is 11.3 Å². The Labute approximate surface area is 147 Å². The molecule has 1 aromatic carbocycles. The van der Waals surface area contributed by atoms with Crippen molar-refractivity contribution in [2.75, 3.05) is 0 Å². The average Bonchev–Trinajstić information content (AvgIpc) is 2.90. The van der Waals surface area contributed by atoms with Crippen molar-refractivity contribution >= 4 is 35.3 Å². The van der Waals surface area contributed by atoms with Crippen molar-refractivity contribution in [2.24, 2.45) is 5.10 Å². The van der Waals surface area contributed by atoms with Crippen LogP contribution >= 0.6 is 11.6 Å². The summed E-state index contributed by atoms with van der Waals surface area (Å²) in [6, 6.07) is 9.75. The molecular formula is C17H13ClN4O3. The summed E-state index contributed by atoms with van der Waals surface area (Å²) in [4.78, 5) is 27.9. The first kappa shape index (κ1) is 16.7. The number of carbonyl (C=O) groups is 2. The van der Waals surface area contributed by atoms with Gasteiger partial charge in [-0.3, -0.25) is 9.20 Å². The maximum Gasteiger partial charge on any atom is 0.336 e. The lowest BCUT2D eigenvalue weighted by Crippen LogP contribution is -2.20. The number of hydrogen-bond acceptors (Lipinski definition) is 4. The largest absolute Gasteiger partial charge is 0.478 e. The molecule has 25 heavy (non-hydrogen) atoms. The molecule has 2 heterocycles. The molecular weight excluding hydrogens is 344 g/mol. The van der Waals surface area contributed by atoms with Crippen molar-refractivity contribution < 1.29 is 14.7 Å². The lowest BCUT2D eigenvalue weighted by molar-refractivity contribution is 0.0696. The standard InChI is InChI=1S/C17H13ClN4O3/c1-10-15(22-9-12(18)6-7-14(22)20-10)16(23)21-19-8-11-4-2-3-5-13(11)17(24)25/h2-9H,1H3,(H,21,23)(H,24,25)/b19-8-. The van der Waals surface area contributed by atoms with Crippen molar-refractivity contribution in [3.8, 4) is 0 Å². The molecule has 0 saturated heterocycles. The second-order valence-corrected chi connectivity index (χ2v) is 5.65. The highest BCUT2D eigenvalue weighted by atomic mass is 35.5. The van der Waals surface area contributed by atoms with E-state index in [1.165, 1.54) is 12.3 Å². The summed E-state index contributed by atoms with van der Waals surface area (Å²) in [5, 5.41) is 13.5. The Bertz CT molecular complexity index is 1010. The molecule has 0 aliphatic rings. The highest BCUT2D eigenvalue weighted by Crippen LogP contribution is 2.16. The maximum atomic E-state index is 12.4. The van der Waals surface area contributed by atoms with Gasteiger partial charge < -0.3 is 5.11 Å². The lowest BCUT2D eigenvalue weighted by Gasteiger charge is -2.03. The van der Waals surface area contributed by atoms with E-state index in [1.54, 1.807) is 47.9 Å². The summed E-state index contributed by atoms with van der Waals surface area (Å²) in [7, 11) is 0. The van der Waals surface area contributed by atoms with Gasteiger partial charge >= 0.3 is 5.97 Å². The molecule has 1 amide bonds. The number of hydrogen-bond donors (Lipinski definition) is 2. The van der Waals surface area contributed by atoms with Crippen molar-refractivity contribution in [1.82, 2.24) is 14.8 Å². The van der Waals surface area contributed by atoms with Gasteiger partial charge in [-0.2, -0.15) is 5.10 Å². The third-order valence-corrected chi connectivity index (χ3v) is 3.76. The van der Waals surface area contributed by atoms with Crippen LogP contribution in [0.4, 0.5) is 0 Å². The van der Waals surface area contributed by atoms with Crippen LogP contribution in [0.25, 0.3) is 5.65 Å². The highest BCUT2D eigenvalue weighted by Gasteiger charge is 2.16. The molecule has 3 rings (SSSR count). The Morgan fingerprint density at radius 1 is 1.28 bits per heavy atom. The number of nitrogens with zero attached hydrogens (tertiary/aromatic N) is 3. The van der Waals surface area contributed by atoms with Crippen LogP contribution in [0, 0.1) is 6.92 Å². The molecule has 7 nitrogen and oxygen atoms in total. The number of fused-ring (bicyclic) bond motifs is 1. The molecule has 126 valence electrons. The summed E-state index contributed by atoms with van der Waals surface area (Å²) in [6.45, 7) is 1.71. The number of hydrazone groups is 1. The molecule has 2 N–H and O–H groups in total. The van der Waals surface area contributed by atoms with Crippen molar-refractivity contribution in [3.63, 3.8) is 0 Å². The summed E-state index contributed by atoms with van der Waals surface area (Å²) in [6.07, 6.45) is 2.88. The number of pyridine rings is 1. The van der Waals surface area contributed by atoms with Crippen LogP contribution in [0.3, 0.4) is 0 Å². The van der Waals surface area contributed by atoms with Gasteiger partial charge in [0.15, 0.2) is 0 Å². The Morgan fingerprint density at radius 2 is 2.04 bits per heavy atom. The quantitative estimate of drug-likeness (QED) is 0.555. The zero-order valence-electron chi connectivity index (χ0n) is 13.1. The van der Waals surface area contributed by atoms with E-state index in [1.807, 2.05) is 0 Å². The van der Waals surface area contributed by atoms with Crippen LogP contribution in [0.5, 0.6) is 0 Å². The SMILES string of the molecule is Cc1nc2ccc(Cl)cn2c1C(=O)N/N=C\c1ccccc1C(=O)O. The summed E-state index contributed by atoms with van der Waals surface area (Å²) >= 11 is 5.97. The van der Waals surface area contributed by atoms with Crippen LogP contribution in [0.15, 0.2) is 47.7 Å². The topological polar surface area (TPSA) is 96.1 Å². The van der Waals surface area contributed by atoms with Gasteiger partial charge in [0.2, 0.25) is 0 Å². The van der Waals surface area contributed by atoms with E-state index in [9.17, 15) is 9.59 Å². The normalized spacial score (nSPS) is 11.1. The Hall–Kier alpha value is -3.19. The molecule has 0 spiro atoms. The van der Waals surface area contributed by atoms with Gasteiger partial charge in [-0.1, -0.05) is 29.8 Å². The predicted molar refractivity (Wildman–Crippen MR) is 93.4 cm³/mol. The fourth-order valence-electron chi connectivity index (χ4n) is 2.43. The highest BCUT2D eigenvalue weighted by molar-refractivity contribution is 6.30. The maximum absolute atomic E-state index is 12.4.